The third kappa shape index (κ3) is 4.83. The summed E-state index contributed by atoms with van der Waals surface area (Å²) in [6.45, 7) is 5.26. The van der Waals surface area contributed by atoms with Gasteiger partial charge in [0.15, 0.2) is 0 Å². The van der Waals surface area contributed by atoms with Gasteiger partial charge in [-0.15, -0.1) is 0 Å². The second-order valence-electron chi connectivity index (χ2n) is 8.38. The van der Waals surface area contributed by atoms with Gasteiger partial charge >= 0.3 is 5.97 Å². The molecule has 0 N–H and O–H groups in total. The second-order valence-corrected chi connectivity index (χ2v) is 8.38. The van der Waals surface area contributed by atoms with Crippen LogP contribution in [0, 0.1) is 11.7 Å². The molecule has 34 heavy (non-hydrogen) atoms. The minimum Gasteiger partial charge on any atom is -0.493 e. The molecule has 4 rings (SSSR count). The van der Waals surface area contributed by atoms with Crippen LogP contribution in [0.4, 0.5) is 4.39 Å². The van der Waals surface area contributed by atoms with E-state index in [0.29, 0.717) is 43.9 Å². The van der Waals surface area contributed by atoms with Crippen molar-refractivity contribution in [2.24, 2.45) is 5.92 Å². The zero-order valence-corrected chi connectivity index (χ0v) is 19.6. The Bertz CT molecular complexity index is 1220. The van der Waals surface area contributed by atoms with Gasteiger partial charge in [0.2, 0.25) is 5.91 Å². The van der Waals surface area contributed by atoms with Crippen molar-refractivity contribution in [1.82, 2.24) is 4.90 Å². The minimum atomic E-state index is -0.302. The topological polar surface area (TPSA) is 69.0 Å². The number of hydrogen-bond donors (Lipinski definition) is 0. The highest BCUT2D eigenvalue weighted by atomic mass is 19.1. The molecule has 2 heterocycles. The summed E-state index contributed by atoms with van der Waals surface area (Å²) < 4.78 is 29.8. The summed E-state index contributed by atoms with van der Waals surface area (Å²) in [6, 6.07) is 10.0. The molecule has 0 saturated carbocycles. The van der Waals surface area contributed by atoms with Crippen molar-refractivity contribution in [3.63, 3.8) is 0 Å². The number of likely N-dealkylation sites (tertiary alicyclic amines) is 1. The Hall–Kier alpha value is -3.61. The Balaban J connectivity index is 1.63. The number of halogens is 1. The zero-order valence-electron chi connectivity index (χ0n) is 19.6. The van der Waals surface area contributed by atoms with Crippen LogP contribution in [-0.2, 0) is 14.3 Å². The number of benzene rings is 2. The first-order valence-electron chi connectivity index (χ1n) is 11.4. The highest BCUT2D eigenvalue weighted by Gasteiger charge is 2.27. The molecule has 1 aromatic heterocycles. The summed E-state index contributed by atoms with van der Waals surface area (Å²) in [6.07, 6.45) is 4.45. The van der Waals surface area contributed by atoms with Crippen LogP contribution in [0.2, 0.25) is 0 Å². The summed E-state index contributed by atoms with van der Waals surface area (Å²) in [5.41, 5.74) is 3.87. The van der Waals surface area contributed by atoms with Gasteiger partial charge in [0, 0.05) is 41.7 Å². The van der Waals surface area contributed by atoms with Crippen LogP contribution in [0.5, 0.6) is 5.75 Å². The first-order chi connectivity index (χ1) is 16.4. The van der Waals surface area contributed by atoms with Crippen molar-refractivity contribution in [1.29, 1.82) is 0 Å². The molecule has 0 radical (unpaired) electrons. The second kappa shape index (κ2) is 10.1. The van der Waals surface area contributed by atoms with Gasteiger partial charge in [-0.05, 0) is 56.0 Å². The quantitative estimate of drug-likeness (QED) is 0.358. The lowest BCUT2D eigenvalue weighted by atomic mass is 9.96. The molecule has 178 valence electrons. The average molecular weight is 466 g/mol. The molecule has 2 aromatic carbocycles. The van der Waals surface area contributed by atoms with E-state index in [-0.39, 0.29) is 23.6 Å². The number of hydrogen-bond acceptors (Lipinski definition) is 5. The SMILES string of the molecule is CCOc1cc2occ(-c3ccc(F)cc3)c2cc1/C(C)=C/C(=O)N1CCC(C(=O)OC)CC1. The number of carbonyl (C=O) groups is 2. The van der Waals surface area contributed by atoms with Crippen molar-refractivity contribution < 1.29 is 27.9 Å². The van der Waals surface area contributed by atoms with Gasteiger partial charge in [-0.1, -0.05) is 12.1 Å². The normalized spacial score (nSPS) is 14.9. The molecule has 3 aromatic rings. The minimum absolute atomic E-state index is 0.102. The standard InChI is InChI=1S/C27H28FNO5/c1-4-33-24-15-25-22(23(16-34-25)18-5-7-20(28)8-6-18)14-21(24)17(2)13-26(30)29-11-9-19(10-12-29)27(31)32-3/h5-8,13-16,19H,4,9-12H2,1-3H3/b17-13+. The van der Waals surface area contributed by atoms with E-state index in [2.05, 4.69) is 0 Å². The number of amides is 1. The number of methoxy groups -OCH3 is 1. The number of allylic oxidation sites excluding steroid dienone is 1. The number of esters is 1. The van der Waals surface area contributed by atoms with Crippen LogP contribution < -0.4 is 4.74 Å². The molecule has 1 aliphatic rings. The van der Waals surface area contributed by atoms with Crippen LogP contribution in [0.15, 0.2) is 53.2 Å². The first kappa shape index (κ1) is 23.5. The smallest absolute Gasteiger partial charge is 0.308 e. The van der Waals surface area contributed by atoms with Gasteiger partial charge in [-0.25, -0.2) is 4.39 Å². The number of rotatable bonds is 6. The van der Waals surface area contributed by atoms with Crippen molar-refractivity contribution >= 4 is 28.4 Å². The summed E-state index contributed by atoms with van der Waals surface area (Å²) in [5, 5.41) is 0.851. The van der Waals surface area contributed by atoms with Gasteiger partial charge in [-0.3, -0.25) is 9.59 Å². The van der Waals surface area contributed by atoms with E-state index in [1.165, 1.54) is 19.2 Å². The fourth-order valence-corrected chi connectivity index (χ4v) is 4.35. The van der Waals surface area contributed by atoms with Crippen molar-refractivity contribution in [3.05, 3.63) is 60.1 Å². The summed E-state index contributed by atoms with van der Waals surface area (Å²) in [5.74, 6) is -0.151. The Morgan fingerprint density at radius 1 is 1.18 bits per heavy atom. The highest BCUT2D eigenvalue weighted by molar-refractivity contribution is 6.00. The number of piperidine rings is 1. The maximum atomic E-state index is 13.4. The van der Waals surface area contributed by atoms with Crippen LogP contribution in [0.1, 0.15) is 32.3 Å². The maximum Gasteiger partial charge on any atom is 0.308 e. The van der Waals surface area contributed by atoms with Crippen LogP contribution in [-0.4, -0.2) is 43.6 Å². The lowest BCUT2D eigenvalue weighted by Crippen LogP contribution is -2.39. The maximum absolute atomic E-state index is 13.4. The van der Waals surface area contributed by atoms with Crippen LogP contribution >= 0.6 is 0 Å². The summed E-state index contributed by atoms with van der Waals surface area (Å²) in [4.78, 5) is 26.5. The van der Waals surface area contributed by atoms with Gasteiger partial charge < -0.3 is 18.8 Å². The highest BCUT2D eigenvalue weighted by Crippen LogP contribution is 2.37. The van der Waals surface area contributed by atoms with Gasteiger partial charge in [0.25, 0.3) is 0 Å². The number of ether oxygens (including phenoxy) is 2. The fraction of sp³-hybridized carbons (Fsp3) is 0.333. The Morgan fingerprint density at radius 3 is 2.53 bits per heavy atom. The molecule has 1 fully saturated rings. The Labute approximate surface area is 197 Å². The average Bonchev–Trinajstić information content (AvgIpc) is 3.26. The number of nitrogens with zero attached hydrogens (tertiary/aromatic N) is 1. The molecule has 0 aliphatic carbocycles. The van der Waals surface area contributed by atoms with Gasteiger partial charge in [-0.2, -0.15) is 0 Å². The van der Waals surface area contributed by atoms with Crippen molar-refractivity contribution in [2.75, 3.05) is 26.8 Å². The van der Waals surface area contributed by atoms with Crippen molar-refractivity contribution in [3.8, 4) is 16.9 Å². The molecule has 1 amide bonds. The Morgan fingerprint density at radius 2 is 1.88 bits per heavy atom. The van der Waals surface area contributed by atoms with E-state index < -0.39 is 0 Å². The molecular formula is C27H28FNO5. The van der Waals surface area contributed by atoms with E-state index in [1.807, 2.05) is 26.0 Å². The van der Waals surface area contributed by atoms with Crippen LogP contribution in [0.25, 0.3) is 27.7 Å². The molecule has 0 bridgehead atoms. The summed E-state index contributed by atoms with van der Waals surface area (Å²) >= 11 is 0. The van der Waals surface area contributed by atoms with E-state index in [9.17, 15) is 14.0 Å². The van der Waals surface area contributed by atoms with E-state index in [0.717, 1.165) is 27.6 Å². The van der Waals surface area contributed by atoms with E-state index >= 15 is 0 Å². The zero-order chi connectivity index (χ0) is 24.2. The lowest BCUT2D eigenvalue weighted by Gasteiger charge is -2.30. The first-order valence-corrected chi connectivity index (χ1v) is 11.4. The predicted molar refractivity (Wildman–Crippen MR) is 128 cm³/mol. The molecule has 0 atom stereocenters. The number of fused-ring (bicyclic) bond motifs is 1. The van der Waals surface area contributed by atoms with Crippen LogP contribution in [0.3, 0.4) is 0 Å². The number of furan rings is 1. The fourth-order valence-electron chi connectivity index (χ4n) is 4.35. The molecule has 6 nitrogen and oxygen atoms in total. The summed E-state index contributed by atoms with van der Waals surface area (Å²) in [7, 11) is 1.39. The molecular weight excluding hydrogens is 437 g/mol. The molecule has 1 aliphatic heterocycles. The molecule has 0 spiro atoms. The van der Waals surface area contributed by atoms with E-state index in [1.54, 1.807) is 29.4 Å². The Kier molecular flexibility index (Phi) is 7.01. The number of carbonyl (C=O) groups excluding carboxylic acids is 2. The molecule has 0 unspecified atom stereocenters. The largest absolute Gasteiger partial charge is 0.493 e. The predicted octanol–water partition coefficient (Wildman–Crippen LogP) is 5.45. The van der Waals surface area contributed by atoms with Gasteiger partial charge in [0.1, 0.15) is 17.1 Å². The molecule has 7 heteroatoms. The van der Waals surface area contributed by atoms with Gasteiger partial charge in [0.05, 0.1) is 25.9 Å². The van der Waals surface area contributed by atoms with E-state index in [4.69, 9.17) is 13.9 Å². The molecule has 1 saturated heterocycles. The van der Waals surface area contributed by atoms with Crippen molar-refractivity contribution in [2.45, 2.75) is 26.7 Å². The third-order valence-corrected chi connectivity index (χ3v) is 6.24. The monoisotopic (exact) mass is 465 g/mol. The lowest BCUT2D eigenvalue weighted by molar-refractivity contribution is -0.148. The third-order valence-electron chi connectivity index (χ3n) is 6.24.